The van der Waals surface area contributed by atoms with Crippen molar-refractivity contribution in [1.29, 1.82) is 0 Å². The van der Waals surface area contributed by atoms with Crippen molar-refractivity contribution in [2.24, 2.45) is 0 Å². The third-order valence-corrected chi connectivity index (χ3v) is 3.54. The number of carbonyl (C=O) groups is 2. The second-order valence-corrected chi connectivity index (χ2v) is 5.40. The van der Waals surface area contributed by atoms with Gasteiger partial charge >= 0.3 is 5.97 Å². The molecule has 0 amide bonds. The predicted molar refractivity (Wildman–Crippen MR) is 90.0 cm³/mol. The lowest BCUT2D eigenvalue weighted by molar-refractivity contribution is -0.141. The first-order valence-corrected chi connectivity index (χ1v) is 7.56. The number of ether oxygens (including phenoxy) is 3. The second-order valence-electron chi connectivity index (χ2n) is 4.96. The van der Waals surface area contributed by atoms with E-state index >= 15 is 0 Å². The summed E-state index contributed by atoms with van der Waals surface area (Å²) >= 11 is 5.83. The van der Waals surface area contributed by atoms with Crippen molar-refractivity contribution < 1.29 is 23.8 Å². The largest absolute Gasteiger partial charge is 0.493 e. The van der Waals surface area contributed by atoms with Gasteiger partial charge in [-0.1, -0.05) is 29.8 Å². The van der Waals surface area contributed by atoms with Crippen LogP contribution in [-0.2, 0) is 16.0 Å². The fourth-order valence-corrected chi connectivity index (χ4v) is 2.29. The molecule has 0 heterocycles. The van der Waals surface area contributed by atoms with E-state index in [1.54, 1.807) is 36.4 Å². The van der Waals surface area contributed by atoms with Crippen molar-refractivity contribution in [3.8, 4) is 11.5 Å². The molecular formula is C18H17ClO5. The van der Waals surface area contributed by atoms with Crippen LogP contribution in [0.4, 0.5) is 0 Å². The topological polar surface area (TPSA) is 61.8 Å². The Morgan fingerprint density at radius 1 is 1.00 bits per heavy atom. The average Bonchev–Trinajstić information content (AvgIpc) is 2.59. The van der Waals surface area contributed by atoms with E-state index in [1.165, 1.54) is 20.3 Å². The molecular weight excluding hydrogens is 332 g/mol. The van der Waals surface area contributed by atoms with Crippen LogP contribution in [0.25, 0.3) is 0 Å². The van der Waals surface area contributed by atoms with Crippen LogP contribution in [-0.4, -0.2) is 32.6 Å². The van der Waals surface area contributed by atoms with Gasteiger partial charge in [0.2, 0.25) is 0 Å². The highest BCUT2D eigenvalue weighted by atomic mass is 35.5. The highest BCUT2D eigenvalue weighted by Crippen LogP contribution is 2.27. The summed E-state index contributed by atoms with van der Waals surface area (Å²) < 4.78 is 15.3. The Balaban J connectivity index is 1.92. The Labute approximate surface area is 145 Å². The smallest absolute Gasteiger partial charge is 0.310 e. The summed E-state index contributed by atoms with van der Waals surface area (Å²) in [5, 5.41) is 0.456. The number of hydrogen-bond donors (Lipinski definition) is 0. The zero-order chi connectivity index (χ0) is 17.5. The molecule has 2 aromatic carbocycles. The van der Waals surface area contributed by atoms with Crippen molar-refractivity contribution >= 4 is 23.4 Å². The van der Waals surface area contributed by atoms with Crippen molar-refractivity contribution in [2.45, 2.75) is 6.42 Å². The zero-order valence-corrected chi connectivity index (χ0v) is 14.1. The number of methoxy groups -OCH3 is 2. The van der Waals surface area contributed by atoms with Gasteiger partial charge in [0.1, 0.15) is 0 Å². The Morgan fingerprint density at radius 2 is 1.75 bits per heavy atom. The molecule has 0 unspecified atom stereocenters. The molecule has 6 heteroatoms. The maximum absolute atomic E-state index is 12.0. The number of benzene rings is 2. The minimum Gasteiger partial charge on any atom is -0.493 e. The highest BCUT2D eigenvalue weighted by Gasteiger charge is 2.12. The maximum Gasteiger partial charge on any atom is 0.310 e. The SMILES string of the molecule is COc1ccc(CC(=O)OCC(=O)c2cccc(Cl)c2)cc1OC. The number of Topliss-reactive ketones (excluding diaryl/α,β-unsaturated/α-hetero) is 1. The number of halogens is 1. The first kappa shape index (κ1) is 17.8. The monoisotopic (exact) mass is 348 g/mol. The second kappa shape index (κ2) is 8.36. The van der Waals surface area contributed by atoms with E-state index in [0.29, 0.717) is 27.6 Å². The first-order valence-electron chi connectivity index (χ1n) is 7.18. The average molecular weight is 349 g/mol. The van der Waals surface area contributed by atoms with Crippen LogP contribution in [0, 0.1) is 0 Å². The molecule has 126 valence electrons. The number of rotatable bonds is 7. The first-order chi connectivity index (χ1) is 11.5. The van der Waals surface area contributed by atoms with Crippen LogP contribution < -0.4 is 9.47 Å². The molecule has 2 rings (SSSR count). The number of ketones is 1. The molecule has 0 saturated carbocycles. The van der Waals surface area contributed by atoms with Gasteiger partial charge in [-0.3, -0.25) is 9.59 Å². The minimum absolute atomic E-state index is 0.0309. The van der Waals surface area contributed by atoms with Gasteiger partial charge in [0.25, 0.3) is 0 Å². The Hall–Kier alpha value is -2.53. The summed E-state index contributed by atoms with van der Waals surface area (Å²) in [6.45, 7) is -0.327. The Bertz CT molecular complexity index is 742. The lowest BCUT2D eigenvalue weighted by atomic mass is 10.1. The van der Waals surface area contributed by atoms with Crippen molar-refractivity contribution in [2.75, 3.05) is 20.8 Å². The van der Waals surface area contributed by atoms with Crippen molar-refractivity contribution in [1.82, 2.24) is 0 Å². The lowest BCUT2D eigenvalue weighted by Gasteiger charge is -2.09. The molecule has 0 atom stereocenters. The fourth-order valence-electron chi connectivity index (χ4n) is 2.10. The van der Waals surface area contributed by atoms with Gasteiger partial charge in [-0.25, -0.2) is 0 Å². The normalized spacial score (nSPS) is 10.1. The summed E-state index contributed by atoms with van der Waals surface area (Å²) in [4.78, 5) is 23.9. The summed E-state index contributed by atoms with van der Waals surface area (Å²) in [5.74, 6) is 0.291. The quantitative estimate of drug-likeness (QED) is 0.567. The molecule has 0 N–H and O–H groups in total. The third-order valence-electron chi connectivity index (χ3n) is 3.31. The molecule has 0 radical (unpaired) electrons. The van der Waals surface area contributed by atoms with Crippen LogP contribution in [0.2, 0.25) is 5.02 Å². The van der Waals surface area contributed by atoms with Crippen LogP contribution in [0.1, 0.15) is 15.9 Å². The molecule has 24 heavy (non-hydrogen) atoms. The molecule has 0 bridgehead atoms. The molecule has 2 aromatic rings. The predicted octanol–water partition coefficient (Wildman–Crippen LogP) is 3.33. The van der Waals surface area contributed by atoms with E-state index in [2.05, 4.69) is 0 Å². The Morgan fingerprint density at radius 3 is 2.42 bits per heavy atom. The Kier molecular flexibility index (Phi) is 6.21. The van der Waals surface area contributed by atoms with Gasteiger partial charge in [0.05, 0.1) is 20.6 Å². The summed E-state index contributed by atoms with van der Waals surface area (Å²) in [5.41, 5.74) is 1.11. The van der Waals surface area contributed by atoms with Gasteiger partial charge in [0.15, 0.2) is 23.9 Å². The molecule has 5 nitrogen and oxygen atoms in total. The number of hydrogen-bond acceptors (Lipinski definition) is 5. The van der Waals surface area contributed by atoms with Crippen molar-refractivity contribution in [3.63, 3.8) is 0 Å². The van der Waals surface area contributed by atoms with Gasteiger partial charge in [-0.05, 0) is 29.8 Å². The zero-order valence-electron chi connectivity index (χ0n) is 13.4. The van der Waals surface area contributed by atoms with E-state index in [4.69, 9.17) is 25.8 Å². The number of esters is 1. The summed E-state index contributed by atoms with van der Waals surface area (Å²) in [7, 11) is 3.05. The van der Waals surface area contributed by atoms with Crippen molar-refractivity contribution in [3.05, 3.63) is 58.6 Å². The number of carbonyl (C=O) groups excluding carboxylic acids is 2. The van der Waals surface area contributed by atoms with Gasteiger partial charge in [-0.2, -0.15) is 0 Å². The summed E-state index contributed by atoms with van der Waals surface area (Å²) in [6.07, 6.45) is 0.0309. The van der Waals surface area contributed by atoms with E-state index in [9.17, 15) is 9.59 Å². The third kappa shape index (κ3) is 4.73. The van der Waals surface area contributed by atoms with Crippen LogP contribution >= 0.6 is 11.6 Å². The molecule has 0 aliphatic heterocycles. The van der Waals surface area contributed by atoms with Gasteiger partial charge < -0.3 is 14.2 Å². The standard InChI is InChI=1S/C18H17ClO5/c1-22-16-7-6-12(8-17(16)23-2)9-18(21)24-11-15(20)13-4-3-5-14(19)10-13/h3-8,10H,9,11H2,1-2H3. The molecule has 0 aliphatic rings. The van der Waals surface area contributed by atoms with Crippen LogP contribution in [0.5, 0.6) is 11.5 Å². The minimum atomic E-state index is -0.502. The fraction of sp³-hybridized carbons (Fsp3) is 0.222. The molecule has 0 aromatic heterocycles. The molecule has 0 spiro atoms. The van der Waals surface area contributed by atoms with E-state index < -0.39 is 5.97 Å². The molecule has 0 aliphatic carbocycles. The summed E-state index contributed by atoms with van der Waals surface area (Å²) in [6, 6.07) is 11.6. The van der Waals surface area contributed by atoms with E-state index in [0.717, 1.165) is 0 Å². The highest BCUT2D eigenvalue weighted by molar-refractivity contribution is 6.31. The van der Waals surface area contributed by atoms with Crippen LogP contribution in [0.15, 0.2) is 42.5 Å². The van der Waals surface area contributed by atoms with Gasteiger partial charge in [-0.15, -0.1) is 0 Å². The maximum atomic E-state index is 12.0. The van der Waals surface area contributed by atoms with E-state index in [1.807, 2.05) is 0 Å². The van der Waals surface area contributed by atoms with Gasteiger partial charge in [0, 0.05) is 10.6 Å². The van der Waals surface area contributed by atoms with E-state index in [-0.39, 0.29) is 18.8 Å². The van der Waals surface area contributed by atoms with Crippen LogP contribution in [0.3, 0.4) is 0 Å². The molecule has 0 saturated heterocycles. The lowest BCUT2D eigenvalue weighted by Crippen LogP contribution is -2.15. The molecule has 0 fully saturated rings.